The second-order valence-corrected chi connectivity index (χ2v) is 4.54. The lowest BCUT2D eigenvalue weighted by Gasteiger charge is -2.19. The molecule has 0 radical (unpaired) electrons. The zero-order chi connectivity index (χ0) is 14.5. The molecule has 1 atom stereocenters. The van der Waals surface area contributed by atoms with Crippen molar-refractivity contribution in [2.75, 3.05) is 6.54 Å². The van der Waals surface area contributed by atoms with Crippen molar-refractivity contribution in [3.63, 3.8) is 0 Å². The van der Waals surface area contributed by atoms with E-state index in [-0.39, 0.29) is 5.56 Å². The molecule has 6 heteroatoms. The van der Waals surface area contributed by atoms with Crippen molar-refractivity contribution >= 4 is 0 Å². The second-order valence-electron chi connectivity index (χ2n) is 4.54. The molecule has 1 N–H and O–H groups in total. The molecule has 2 aromatic rings. The fourth-order valence-corrected chi connectivity index (χ4v) is 2.19. The molecule has 0 fully saturated rings. The van der Waals surface area contributed by atoms with Gasteiger partial charge in [0.05, 0.1) is 17.9 Å². The van der Waals surface area contributed by atoms with Crippen LogP contribution in [-0.4, -0.2) is 21.5 Å². The summed E-state index contributed by atoms with van der Waals surface area (Å²) < 4.78 is 29.1. The van der Waals surface area contributed by atoms with Gasteiger partial charge in [-0.15, -0.1) is 5.10 Å². The van der Waals surface area contributed by atoms with Gasteiger partial charge in [-0.25, -0.2) is 13.5 Å². The minimum absolute atomic E-state index is 0.270. The Morgan fingerprint density at radius 1 is 1.30 bits per heavy atom. The van der Waals surface area contributed by atoms with Gasteiger partial charge >= 0.3 is 0 Å². The summed E-state index contributed by atoms with van der Waals surface area (Å²) in [6, 6.07) is 3.01. The van der Waals surface area contributed by atoms with Gasteiger partial charge in [0.25, 0.3) is 0 Å². The first-order chi connectivity index (χ1) is 9.67. The summed E-state index contributed by atoms with van der Waals surface area (Å²) in [6.07, 6.45) is 2.48. The van der Waals surface area contributed by atoms with E-state index in [0.717, 1.165) is 24.2 Å². The molecule has 20 heavy (non-hydrogen) atoms. The maximum Gasteiger partial charge on any atom is 0.128 e. The fourth-order valence-electron chi connectivity index (χ4n) is 2.19. The average Bonchev–Trinajstić information content (AvgIpc) is 2.88. The summed E-state index contributed by atoms with van der Waals surface area (Å²) in [5, 5.41) is 11.0. The SMILES string of the molecule is CCCn1nncc1C(NCC)c1cc(F)ccc1F. The van der Waals surface area contributed by atoms with Crippen LogP contribution in [0.3, 0.4) is 0 Å². The minimum atomic E-state index is -0.461. The number of aromatic nitrogens is 3. The number of rotatable bonds is 6. The van der Waals surface area contributed by atoms with E-state index < -0.39 is 17.7 Å². The van der Waals surface area contributed by atoms with Crippen molar-refractivity contribution in [3.05, 3.63) is 47.3 Å². The van der Waals surface area contributed by atoms with E-state index in [1.807, 2.05) is 13.8 Å². The minimum Gasteiger partial charge on any atom is -0.305 e. The first-order valence-electron chi connectivity index (χ1n) is 6.74. The second kappa shape index (κ2) is 6.56. The summed E-state index contributed by atoms with van der Waals surface area (Å²) in [4.78, 5) is 0. The first kappa shape index (κ1) is 14.6. The van der Waals surface area contributed by atoms with Crippen molar-refractivity contribution in [2.45, 2.75) is 32.9 Å². The van der Waals surface area contributed by atoms with Crippen molar-refractivity contribution in [1.82, 2.24) is 20.3 Å². The highest BCUT2D eigenvalue weighted by Gasteiger charge is 2.21. The van der Waals surface area contributed by atoms with E-state index in [4.69, 9.17) is 0 Å². The van der Waals surface area contributed by atoms with Gasteiger partial charge in [-0.1, -0.05) is 19.1 Å². The molecule has 0 saturated carbocycles. The molecular weight excluding hydrogens is 262 g/mol. The van der Waals surface area contributed by atoms with Gasteiger partial charge in [-0.05, 0) is 31.2 Å². The van der Waals surface area contributed by atoms with Crippen LogP contribution in [0.25, 0.3) is 0 Å². The van der Waals surface area contributed by atoms with E-state index in [1.54, 1.807) is 10.9 Å². The van der Waals surface area contributed by atoms with Crippen LogP contribution in [-0.2, 0) is 6.54 Å². The average molecular weight is 280 g/mol. The highest BCUT2D eigenvalue weighted by molar-refractivity contribution is 5.28. The number of nitrogens with one attached hydrogen (secondary N) is 1. The number of benzene rings is 1. The van der Waals surface area contributed by atoms with Crippen molar-refractivity contribution in [2.24, 2.45) is 0 Å². The highest BCUT2D eigenvalue weighted by atomic mass is 19.1. The molecule has 1 unspecified atom stereocenters. The van der Waals surface area contributed by atoms with Crippen molar-refractivity contribution in [1.29, 1.82) is 0 Å². The number of nitrogens with zero attached hydrogens (tertiary/aromatic N) is 3. The fraction of sp³-hybridized carbons (Fsp3) is 0.429. The quantitative estimate of drug-likeness (QED) is 0.884. The molecule has 0 saturated heterocycles. The predicted octanol–water partition coefficient (Wildman–Crippen LogP) is 2.67. The third kappa shape index (κ3) is 3.01. The van der Waals surface area contributed by atoms with E-state index >= 15 is 0 Å². The lowest BCUT2D eigenvalue weighted by Crippen LogP contribution is -2.26. The smallest absolute Gasteiger partial charge is 0.128 e. The third-order valence-electron chi connectivity index (χ3n) is 3.06. The Balaban J connectivity index is 2.44. The van der Waals surface area contributed by atoms with Gasteiger partial charge in [0.2, 0.25) is 0 Å². The zero-order valence-corrected chi connectivity index (χ0v) is 11.6. The zero-order valence-electron chi connectivity index (χ0n) is 11.6. The lowest BCUT2D eigenvalue weighted by molar-refractivity contribution is 0.492. The van der Waals surface area contributed by atoms with E-state index in [0.29, 0.717) is 13.1 Å². The van der Waals surface area contributed by atoms with Crippen LogP contribution in [0.5, 0.6) is 0 Å². The van der Waals surface area contributed by atoms with Crippen LogP contribution in [0.1, 0.15) is 37.6 Å². The number of hydrogen-bond donors (Lipinski definition) is 1. The normalized spacial score (nSPS) is 12.6. The van der Waals surface area contributed by atoms with Gasteiger partial charge in [-0.3, -0.25) is 0 Å². The Kier molecular flexibility index (Phi) is 4.79. The molecule has 108 valence electrons. The molecule has 0 bridgehead atoms. The van der Waals surface area contributed by atoms with E-state index in [2.05, 4.69) is 15.6 Å². The molecule has 2 rings (SSSR count). The van der Waals surface area contributed by atoms with Crippen LogP contribution in [0.4, 0.5) is 8.78 Å². The summed E-state index contributed by atoms with van der Waals surface area (Å²) in [6.45, 7) is 5.25. The van der Waals surface area contributed by atoms with Gasteiger partial charge in [0.1, 0.15) is 11.6 Å². The molecule has 0 spiro atoms. The number of hydrogen-bond acceptors (Lipinski definition) is 3. The number of halogens is 2. The Morgan fingerprint density at radius 2 is 2.10 bits per heavy atom. The van der Waals surface area contributed by atoms with Crippen LogP contribution >= 0.6 is 0 Å². The summed E-state index contributed by atoms with van der Waals surface area (Å²) in [5.41, 5.74) is 1.00. The molecule has 0 aliphatic heterocycles. The van der Waals surface area contributed by atoms with Gasteiger partial charge < -0.3 is 5.32 Å². The van der Waals surface area contributed by atoms with Crippen LogP contribution in [0.15, 0.2) is 24.4 Å². The molecule has 1 aromatic heterocycles. The third-order valence-corrected chi connectivity index (χ3v) is 3.06. The summed E-state index contributed by atoms with van der Waals surface area (Å²) in [7, 11) is 0. The molecule has 1 heterocycles. The monoisotopic (exact) mass is 280 g/mol. The first-order valence-corrected chi connectivity index (χ1v) is 6.74. The largest absolute Gasteiger partial charge is 0.305 e. The molecule has 0 aliphatic rings. The molecular formula is C14H18F2N4. The highest BCUT2D eigenvalue weighted by Crippen LogP contribution is 2.24. The van der Waals surface area contributed by atoms with Crippen LogP contribution < -0.4 is 5.32 Å². The van der Waals surface area contributed by atoms with Crippen LogP contribution in [0, 0.1) is 11.6 Å². The Morgan fingerprint density at radius 3 is 2.80 bits per heavy atom. The lowest BCUT2D eigenvalue weighted by atomic mass is 10.0. The van der Waals surface area contributed by atoms with Crippen LogP contribution in [0.2, 0.25) is 0 Å². The molecule has 4 nitrogen and oxygen atoms in total. The Labute approximate surface area is 116 Å². The standard InChI is InChI=1S/C14H18F2N4/c1-3-7-20-13(9-18-19-20)14(17-4-2)11-8-10(15)5-6-12(11)16/h5-6,8-9,14,17H,3-4,7H2,1-2H3. The van der Waals surface area contributed by atoms with E-state index in [1.165, 1.54) is 6.07 Å². The molecule has 0 aliphatic carbocycles. The maximum atomic E-state index is 14.0. The predicted molar refractivity (Wildman–Crippen MR) is 72.2 cm³/mol. The maximum absolute atomic E-state index is 14.0. The molecule has 1 aromatic carbocycles. The Bertz CT molecular complexity index is 568. The topological polar surface area (TPSA) is 42.7 Å². The van der Waals surface area contributed by atoms with Crippen molar-refractivity contribution < 1.29 is 8.78 Å². The number of aryl methyl sites for hydroxylation is 1. The van der Waals surface area contributed by atoms with Gasteiger partial charge in [0.15, 0.2) is 0 Å². The van der Waals surface area contributed by atoms with Gasteiger partial charge in [-0.2, -0.15) is 0 Å². The summed E-state index contributed by atoms with van der Waals surface area (Å²) >= 11 is 0. The summed E-state index contributed by atoms with van der Waals surface area (Å²) in [5.74, 6) is -0.902. The Hall–Kier alpha value is -1.82. The molecule has 0 amide bonds. The van der Waals surface area contributed by atoms with Gasteiger partial charge in [0, 0.05) is 12.1 Å². The van der Waals surface area contributed by atoms with Crippen molar-refractivity contribution in [3.8, 4) is 0 Å². The van der Waals surface area contributed by atoms with E-state index in [9.17, 15) is 8.78 Å².